The maximum atomic E-state index is 12.7. The molecule has 2 heterocycles. The molecule has 35 heavy (non-hydrogen) atoms. The summed E-state index contributed by atoms with van der Waals surface area (Å²) in [5, 5.41) is 15.2. The van der Waals surface area contributed by atoms with Crippen LogP contribution < -0.4 is 10.1 Å². The zero-order chi connectivity index (χ0) is 25.1. The van der Waals surface area contributed by atoms with Crippen molar-refractivity contribution < 1.29 is 23.8 Å². The Morgan fingerprint density at radius 2 is 2.17 bits per heavy atom. The smallest absolute Gasteiger partial charge is 0.308 e. The Labute approximate surface area is 206 Å². The van der Waals surface area contributed by atoms with Gasteiger partial charge in [0.2, 0.25) is 5.91 Å². The minimum atomic E-state index is -0.978. The van der Waals surface area contributed by atoms with E-state index in [1.165, 1.54) is 13.0 Å². The highest BCUT2D eigenvalue weighted by Gasteiger charge is 2.57. The molecular formula is C28H34N2O5. The molecule has 0 bridgehead atoms. The van der Waals surface area contributed by atoms with Gasteiger partial charge in [0.15, 0.2) is 0 Å². The number of fused-ring (bicyclic) bond motifs is 1. The predicted molar refractivity (Wildman–Crippen MR) is 134 cm³/mol. The van der Waals surface area contributed by atoms with E-state index in [2.05, 4.69) is 16.8 Å². The van der Waals surface area contributed by atoms with E-state index in [0.717, 1.165) is 29.9 Å². The van der Waals surface area contributed by atoms with Crippen LogP contribution in [-0.4, -0.2) is 53.2 Å². The lowest BCUT2D eigenvalue weighted by atomic mass is 9.55. The van der Waals surface area contributed by atoms with Crippen LogP contribution >= 0.6 is 0 Å². The number of amides is 1. The first-order valence-electron chi connectivity index (χ1n) is 12.1. The SMILES string of the molecule is C=CCN1CC[C@@]2(c3cccc(OC(C)=O)c3)C[C@H](NC(=O)C=Cc3ccoc3C)CC[C@]2(O)C1. The summed E-state index contributed by atoms with van der Waals surface area (Å²) in [7, 11) is 0. The molecule has 7 heteroatoms. The first-order chi connectivity index (χ1) is 16.7. The lowest BCUT2D eigenvalue weighted by Gasteiger charge is -2.58. The van der Waals surface area contributed by atoms with Crippen LogP contribution in [0.1, 0.15) is 49.5 Å². The van der Waals surface area contributed by atoms with Gasteiger partial charge in [-0.15, -0.1) is 6.58 Å². The highest BCUT2D eigenvalue weighted by atomic mass is 16.5. The molecule has 1 aliphatic heterocycles. The molecule has 1 aromatic carbocycles. The van der Waals surface area contributed by atoms with Crippen LogP contribution in [0.5, 0.6) is 5.75 Å². The number of ether oxygens (including phenoxy) is 1. The van der Waals surface area contributed by atoms with Crippen LogP contribution in [0.4, 0.5) is 0 Å². The van der Waals surface area contributed by atoms with E-state index < -0.39 is 11.0 Å². The van der Waals surface area contributed by atoms with Crippen LogP contribution in [-0.2, 0) is 15.0 Å². The van der Waals surface area contributed by atoms with Crippen molar-refractivity contribution in [2.24, 2.45) is 0 Å². The van der Waals surface area contributed by atoms with Crippen molar-refractivity contribution >= 4 is 18.0 Å². The number of furan rings is 1. The van der Waals surface area contributed by atoms with Gasteiger partial charge in [-0.1, -0.05) is 18.2 Å². The largest absolute Gasteiger partial charge is 0.469 e. The lowest BCUT2D eigenvalue weighted by Crippen LogP contribution is -2.67. The van der Waals surface area contributed by atoms with E-state index >= 15 is 0 Å². The first kappa shape index (κ1) is 24.9. The summed E-state index contributed by atoms with van der Waals surface area (Å²) in [6.45, 7) is 9.11. The Kier molecular flexibility index (Phi) is 7.28. The van der Waals surface area contributed by atoms with Crippen LogP contribution in [0.3, 0.4) is 0 Å². The first-order valence-corrected chi connectivity index (χ1v) is 12.1. The van der Waals surface area contributed by atoms with Crippen molar-refractivity contribution in [3.05, 3.63) is 72.2 Å². The molecule has 1 aromatic heterocycles. The summed E-state index contributed by atoms with van der Waals surface area (Å²) >= 11 is 0. The Balaban J connectivity index is 1.60. The lowest BCUT2D eigenvalue weighted by molar-refractivity contribution is -0.132. The van der Waals surface area contributed by atoms with Gasteiger partial charge in [-0.25, -0.2) is 0 Å². The number of aryl methyl sites for hydroxylation is 1. The highest BCUT2D eigenvalue weighted by molar-refractivity contribution is 5.92. The normalized spacial score (nSPS) is 26.8. The third kappa shape index (κ3) is 5.26. The average Bonchev–Trinajstić information content (AvgIpc) is 3.22. The highest BCUT2D eigenvalue weighted by Crippen LogP contribution is 2.52. The van der Waals surface area contributed by atoms with Crippen molar-refractivity contribution in [2.75, 3.05) is 19.6 Å². The topological polar surface area (TPSA) is 92.0 Å². The molecule has 0 unspecified atom stereocenters. The van der Waals surface area contributed by atoms with Crippen LogP contribution in [0.25, 0.3) is 6.08 Å². The van der Waals surface area contributed by atoms with Gasteiger partial charge in [0, 0.05) is 43.1 Å². The zero-order valence-electron chi connectivity index (χ0n) is 20.5. The quantitative estimate of drug-likeness (QED) is 0.273. The third-order valence-electron chi connectivity index (χ3n) is 7.43. The number of carbonyl (C=O) groups is 2. The molecule has 1 saturated heterocycles. The number of rotatable bonds is 7. The van der Waals surface area contributed by atoms with Crippen LogP contribution in [0.15, 0.2) is 59.7 Å². The van der Waals surface area contributed by atoms with E-state index in [1.807, 2.05) is 37.3 Å². The molecule has 186 valence electrons. The van der Waals surface area contributed by atoms with E-state index in [4.69, 9.17) is 9.15 Å². The molecule has 0 spiro atoms. The Morgan fingerprint density at radius 3 is 2.89 bits per heavy atom. The van der Waals surface area contributed by atoms with Gasteiger partial charge in [0.1, 0.15) is 11.5 Å². The summed E-state index contributed by atoms with van der Waals surface area (Å²) in [4.78, 5) is 26.5. The number of β-amino-alcohol motifs (C(OH)–C–C–N with tert-alkyl or cyclic N) is 1. The average molecular weight is 479 g/mol. The molecule has 1 saturated carbocycles. The second-order valence-corrected chi connectivity index (χ2v) is 9.72. The number of benzene rings is 1. The molecular weight excluding hydrogens is 444 g/mol. The fourth-order valence-electron chi connectivity index (χ4n) is 5.73. The van der Waals surface area contributed by atoms with Crippen molar-refractivity contribution in [3.8, 4) is 5.75 Å². The maximum Gasteiger partial charge on any atom is 0.308 e. The third-order valence-corrected chi connectivity index (χ3v) is 7.43. The van der Waals surface area contributed by atoms with E-state index in [1.54, 1.807) is 18.4 Å². The number of piperidine rings is 1. The number of carbonyl (C=O) groups excluding carboxylic acids is 2. The van der Waals surface area contributed by atoms with Crippen molar-refractivity contribution in [1.29, 1.82) is 0 Å². The molecule has 2 fully saturated rings. The fourth-order valence-corrected chi connectivity index (χ4v) is 5.73. The van der Waals surface area contributed by atoms with Crippen molar-refractivity contribution in [2.45, 2.75) is 56.6 Å². The van der Waals surface area contributed by atoms with Gasteiger partial charge in [0.25, 0.3) is 0 Å². The summed E-state index contributed by atoms with van der Waals surface area (Å²) < 4.78 is 10.6. The minimum Gasteiger partial charge on any atom is -0.469 e. The van der Waals surface area contributed by atoms with E-state index in [0.29, 0.717) is 38.1 Å². The molecule has 7 nitrogen and oxygen atoms in total. The van der Waals surface area contributed by atoms with E-state index in [-0.39, 0.29) is 17.9 Å². The van der Waals surface area contributed by atoms with Crippen LogP contribution in [0.2, 0.25) is 0 Å². The Hall–Kier alpha value is -3.16. The number of hydrogen-bond donors (Lipinski definition) is 2. The standard InChI is InChI=1S/C28H34N2O5/c1-4-14-30-15-13-27(23-6-5-7-25(17-23)35-21(3)31)18-24(10-12-28(27,33)19-30)29-26(32)9-8-22-11-16-34-20(22)2/h4-9,11,16-17,24,33H,1,10,12-15,18-19H2,2-3H3,(H,29,32)/t24-,27+,28+/m1/s1. The molecule has 2 aromatic rings. The van der Waals surface area contributed by atoms with Crippen molar-refractivity contribution in [3.63, 3.8) is 0 Å². The molecule has 1 aliphatic carbocycles. The Bertz CT molecular complexity index is 1120. The molecule has 4 rings (SSSR count). The second-order valence-electron chi connectivity index (χ2n) is 9.72. The minimum absolute atomic E-state index is 0.0961. The monoisotopic (exact) mass is 478 g/mol. The molecule has 3 atom stereocenters. The summed E-state index contributed by atoms with van der Waals surface area (Å²) in [5.74, 6) is 0.664. The van der Waals surface area contributed by atoms with Crippen molar-refractivity contribution in [1.82, 2.24) is 10.2 Å². The number of nitrogens with zero attached hydrogens (tertiary/aromatic N) is 1. The zero-order valence-corrected chi connectivity index (χ0v) is 20.5. The second kappa shape index (κ2) is 10.2. The van der Waals surface area contributed by atoms with Gasteiger partial charge in [-0.05, 0) is 69.0 Å². The van der Waals surface area contributed by atoms with Crippen LogP contribution in [0, 0.1) is 6.92 Å². The van der Waals surface area contributed by atoms with Gasteiger partial charge in [0.05, 0.1) is 11.9 Å². The summed E-state index contributed by atoms with van der Waals surface area (Å²) in [6, 6.07) is 9.19. The number of hydrogen-bond acceptors (Lipinski definition) is 6. The number of esters is 1. The number of likely N-dealkylation sites (tertiary alicyclic amines) is 1. The molecule has 2 N–H and O–H groups in total. The van der Waals surface area contributed by atoms with Gasteiger partial charge in [-0.2, -0.15) is 0 Å². The van der Waals surface area contributed by atoms with Gasteiger partial charge >= 0.3 is 5.97 Å². The number of nitrogens with one attached hydrogen (secondary N) is 1. The molecule has 0 radical (unpaired) electrons. The molecule has 1 amide bonds. The predicted octanol–water partition coefficient (Wildman–Crippen LogP) is 3.76. The van der Waals surface area contributed by atoms with E-state index in [9.17, 15) is 14.7 Å². The summed E-state index contributed by atoms with van der Waals surface area (Å²) in [5.41, 5.74) is 0.239. The van der Waals surface area contributed by atoms with Gasteiger partial charge in [-0.3, -0.25) is 14.5 Å². The summed E-state index contributed by atoms with van der Waals surface area (Å²) in [6.07, 6.45) is 9.27. The van der Waals surface area contributed by atoms with Gasteiger partial charge < -0.3 is 19.6 Å². The molecule has 2 aliphatic rings. The Morgan fingerprint density at radius 1 is 1.34 bits per heavy atom. The number of aliphatic hydroxyl groups is 1. The maximum absolute atomic E-state index is 12.7. The fraction of sp³-hybridized carbons (Fsp3) is 0.429.